The van der Waals surface area contributed by atoms with Gasteiger partial charge in [-0.2, -0.15) is 0 Å². The van der Waals surface area contributed by atoms with Gasteiger partial charge in [0.05, 0.1) is 0 Å². The van der Waals surface area contributed by atoms with E-state index in [1.54, 1.807) is 0 Å². The van der Waals surface area contributed by atoms with Crippen LogP contribution in [0.2, 0.25) is 0 Å². The smallest absolute Gasteiger partial charge is 0.129 e. The van der Waals surface area contributed by atoms with E-state index < -0.39 is 11.6 Å². The third-order valence-corrected chi connectivity index (χ3v) is 2.44. The standard InChI is InChI=1S/C13H20F2N2/c1-10(2)17-8-7-16-6-5-11-3-4-12(14)9-13(11)15/h3-4,9-10,16-17H,5-8H2,1-2H3. The van der Waals surface area contributed by atoms with Gasteiger partial charge in [-0.25, -0.2) is 8.78 Å². The van der Waals surface area contributed by atoms with E-state index in [4.69, 9.17) is 0 Å². The summed E-state index contributed by atoms with van der Waals surface area (Å²) in [6.45, 7) is 6.62. The summed E-state index contributed by atoms with van der Waals surface area (Å²) in [4.78, 5) is 0. The van der Waals surface area contributed by atoms with Gasteiger partial charge in [0.15, 0.2) is 0 Å². The molecule has 0 aliphatic rings. The molecule has 0 aliphatic carbocycles. The van der Waals surface area contributed by atoms with Gasteiger partial charge in [0.1, 0.15) is 11.6 Å². The first-order valence-corrected chi connectivity index (χ1v) is 5.97. The van der Waals surface area contributed by atoms with Crippen molar-refractivity contribution in [3.05, 3.63) is 35.4 Å². The molecule has 0 saturated heterocycles. The highest BCUT2D eigenvalue weighted by atomic mass is 19.1. The molecule has 0 atom stereocenters. The highest BCUT2D eigenvalue weighted by Crippen LogP contribution is 2.09. The molecule has 4 heteroatoms. The Labute approximate surface area is 101 Å². The van der Waals surface area contributed by atoms with E-state index >= 15 is 0 Å². The molecular weight excluding hydrogens is 222 g/mol. The third kappa shape index (κ3) is 5.75. The Hall–Kier alpha value is -1.00. The first-order valence-electron chi connectivity index (χ1n) is 5.97. The maximum absolute atomic E-state index is 13.3. The predicted octanol–water partition coefficient (Wildman–Crippen LogP) is 2.09. The van der Waals surface area contributed by atoms with Crippen molar-refractivity contribution in [1.29, 1.82) is 0 Å². The van der Waals surface area contributed by atoms with Crippen molar-refractivity contribution in [3.63, 3.8) is 0 Å². The average Bonchev–Trinajstić information content (AvgIpc) is 2.25. The lowest BCUT2D eigenvalue weighted by molar-refractivity contribution is 0.547. The van der Waals surface area contributed by atoms with Gasteiger partial charge in [0.2, 0.25) is 0 Å². The van der Waals surface area contributed by atoms with Crippen LogP contribution in [0.4, 0.5) is 8.78 Å². The van der Waals surface area contributed by atoms with Crippen LogP contribution in [0.25, 0.3) is 0 Å². The number of hydrogen-bond acceptors (Lipinski definition) is 2. The molecule has 2 nitrogen and oxygen atoms in total. The quantitative estimate of drug-likeness (QED) is 0.715. The van der Waals surface area contributed by atoms with Gasteiger partial charge in [-0.15, -0.1) is 0 Å². The normalized spacial score (nSPS) is 11.1. The molecule has 0 aliphatic heterocycles. The van der Waals surface area contributed by atoms with Gasteiger partial charge < -0.3 is 10.6 Å². The molecule has 17 heavy (non-hydrogen) atoms. The molecule has 0 heterocycles. The SMILES string of the molecule is CC(C)NCCNCCc1ccc(F)cc1F. The Kier molecular flexibility index (Phi) is 6.08. The Bertz CT molecular complexity index is 340. The summed E-state index contributed by atoms with van der Waals surface area (Å²) >= 11 is 0. The zero-order chi connectivity index (χ0) is 12.7. The third-order valence-electron chi connectivity index (χ3n) is 2.44. The van der Waals surface area contributed by atoms with Crippen molar-refractivity contribution in [1.82, 2.24) is 10.6 Å². The van der Waals surface area contributed by atoms with Crippen molar-refractivity contribution in [2.24, 2.45) is 0 Å². The maximum atomic E-state index is 13.3. The van der Waals surface area contributed by atoms with E-state index in [1.807, 2.05) is 0 Å². The zero-order valence-electron chi connectivity index (χ0n) is 10.4. The number of hydrogen-bond donors (Lipinski definition) is 2. The second-order valence-electron chi connectivity index (χ2n) is 4.34. The van der Waals surface area contributed by atoms with Crippen LogP contribution in [0, 0.1) is 11.6 Å². The minimum absolute atomic E-state index is 0.466. The van der Waals surface area contributed by atoms with E-state index in [0.717, 1.165) is 19.2 Å². The molecule has 0 bridgehead atoms. The Morgan fingerprint density at radius 1 is 1.12 bits per heavy atom. The monoisotopic (exact) mass is 242 g/mol. The van der Waals surface area contributed by atoms with E-state index in [0.29, 0.717) is 24.6 Å². The summed E-state index contributed by atoms with van der Waals surface area (Å²) in [5.41, 5.74) is 0.552. The summed E-state index contributed by atoms with van der Waals surface area (Å²) in [6.07, 6.45) is 0.577. The maximum Gasteiger partial charge on any atom is 0.129 e. The van der Waals surface area contributed by atoms with Crippen LogP contribution in [-0.4, -0.2) is 25.7 Å². The molecule has 0 saturated carbocycles. The molecule has 1 aromatic carbocycles. The van der Waals surface area contributed by atoms with Gasteiger partial charge in [-0.1, -0.05) is 19.9 Å². The highest BCUT2D eigenvalue weighted by molar-refractivity contribution is 5.18. The van der Waals surface area contributed by atoms with E-state index in [1.165, 1.54) is 12.1 Å². The molecule has 0 amide bonds. The van der Waals surface area contributed by atoms with Crippen molar-refractivity contribution < 1.29 is 8.78 Å². The second kappa shape index (κ2) is 7.35. The molecule has 0 aromatic heterocycles. The molecule has 0 spiro atoms. The fourth-order valence-electron chi connectivity index (χ4n) is 1.52. The summed E-state index contributed by atoms with van der Waals surface area (Å²) < 4.78 is 25.9. The van der Waals surface area contributed by atoms with Gasteiger partial charge in [-0.05, 0) is 24.6 Å². The van der Waals surface area contributed by atoms with Crippen molar-refractivity contribution in [2.75, 3.05) is 19.6 Å². The van der Waals surface area contributed by atoms with Crippen LogP contribution < -0.4 is 10.6 Å². The second-order valence-corrected chi connectivity index (χ2v) is 4.34. The van der Waals surface area contributed by atoms with Crippen LogP contribution >= 0.6 is 0 Å². The van der Waals surface area contributed by atoms with Crippen molar-refractivity contribution >= 4 is 0 Å². The van der Waals surface area contributed by atoms with Crippen LogP contribution in [0.5, 0.6) is 0 Å². The van der Waals surface area contributed by atoms with Gasteiger partial charge >= 0.3 is 0 Å². The molecular formula is C13H20F2N2. The molecule has 2 N–H and O–H groups in total. The minimum atomic E-state index is -0.527. The molecule has 96 valence electrons. The van der Waals surface area contributed by atoms with Gasteiger partial charge in [-0.3, -0.25) is 0 Å². The zero-order valence-corrected chi connectivity index (χ0v) is 10.4. The van der Waals surface area contributed by atoms with E-state index in [2.05, 4.69) is 24.5 Å². The summed E-state index contributed by atoms with van der Waals surface area (Å²) in [7, 11) is 0. The van der Waals surface area contributed by atoms with Crippen LogP contribution in [0.3, 0.4) is 0 Å². The highest BCUT2D eigenvalue weighted by Gasteiger charge is 2.02. The van der Waals surface area contributed by atoms with Crippen LogP contribution in [0.1, 0.15) is 19.4 Å². The molecule has 0 unspecified atom stereocenters. The van der Waals surface area contributed by atoms with E-state index in [-0.39, 0.29) is 0 Å². The molecule has 1 rings (SSSR count). The summed E-state index contributed by atoms with van der Waals surface area (Å²) in [6, 6.07) is 4.19. The first-order chi connectivity index (χ1) is 8.09. The molecule has 0 fully saturated rings. The summed E-state index contributed by atoms with van der Waals surface area (Å²) in [5.74, 6) is -0.993. The summed E-state index contributed by atoms with van der Waals surface area (Å²) in [5, 5.41) is 6.48. The van der Waals surface area contributed by atoms with Crippen LogP contribution in [-0.2, 0) is 6.42 Å². The fourth-order valence-corrected chi connectivity index (χ4v) is 1.52. The largest absolute Gasteiger partial charge is 0.315 e. The van der Waals surface area contributed by atoms with Crippen molar-refractivity contribution in [2.45, 2.75) is 26.3 Å². The predicted molar refractivity (Wildman–Crippen MR) is 66.1 cm³/mol. The topological polar surface area (TPSA) is 24.1 Å². The lowest BCUT2D eigenvalue weighted by Crippen LogP contribution is -2.32. The molecule has 1 aromatic rings. The van der Waals surface area contributed by atoms with E-state index in [9.17, 15) is 8.78 Å². The number of rotatable bonds is 7. The first kappa shape index (κ1) is 14.1. The lowest BCUT2D eigenvalue weighted by Gasteiger charge is -2.09. The number of benzene rings is 1. The van der Waals surface area contributed by atoms with Crippen LogP contribution in [0.15, 0.2) is 18.2 Å². The van der Waals surface area contributed by atoms with Gasteiger partial charge in [0.25, 0.3) is 0 Å². The number of halogens is 2. The average molecular weight is 242 g/mol. The minimum Gasteiger partial charge on any atom is -0.315 e. The Morgan fingerprint density at radius 3 is 2.53 bits per heavy atom. The van der Waals surface area contributed by atoms with Crippen molar-refractivity contribution in [3.8, 4) is 0 Å². The molecule has 0 radical (unpaired) electrons. The lowest BCUT2D eigenvalue weighted by atomic mass is 10.1. The Morgan fingerprint density at radius 2 is 1.88 bits per heavy atom. The fraction of sp³-hybridized carbons (Fsp3) is 0.538. The number of nitrogens with one attached hydrogen (secondary N) is 2. The Balaban J connectivity index is 2.18. The van der Waals surface area contributed by atoms with Gasteiger partial charge in [0, 0.05) is 25.2 Å².